The molecule has 1 N–H and O–H groups in total. The van der Waals surface area contributed by atoms with E-state index in [4.69, 9.17) is 0 Å². The number of hydrogen-bond acceptors (Lipinski definition) is 1. The van der Waals surface area contributed by atoms with Gasteiger partial charge in [-0.2, -0.15) is 0 Å². The highest BCUT2D eigenvalue weighted by atomic mass is 19.1. The Kier molecular flexibility index (Phi) is 3.26. The normalized spacial score (nSPS) is 18.6. The van der Waals surface area contributed by atoms with Gasteiger partial charge in [-0.1, -0.05) is 24.3 Å². The van der Waals surface area contributed by atoms with Crippen molar-refractivity contribution in [2.45, 2.75) is 37.7 Å². The number of hydrogen-bond donors (Lipinski definition) is 1. The molecule has 2 heteroatoms. The van der Waals surface area contributed by atoms with Gasteiger partial charge in [-0.3, -0.25) is 0 Å². The molecule has 1 aliphatic rings. The minimum Gasteiger partial charge on any atom is -0.378 e. The minimum absolute atomic E-state index is 0.289. The first-order valence-electron chi connectivity index (χ1n) is 5.69. The molecule has 0 unspecified atom stereocenters. The smallest absolute Gasteiger partial charge is 0.125 e. The third kappa shape index (κ3) is 2.84. The van der Waals surface area contributed by atoms with E-state index >= 15 is 0 Å². The molecule has 1 nitrogen and oxygen atoms in total. The Morgan fingerprint density at radius 2 is 1.94 bits per heavy atom. The Bertz CT molecular complexity index is 422. The van der Waals surface area contributed by atoms with Crippen LogP contribution in [0.1, 0.15) is 37.7 Å². The molecule has 16 heavy (non-hydrogen) atoms. The predicted octanol–water partition coefficient (Wildman–Crippen LogP) is 2.87. The van der Waals surface area contributed by atoms with Gasteiger partial charge in [-0.15, -0.1) is 0 Å². The van der Waals surface area contributed by atoms with E-state index in [1.165, 1.54) is 18.6 Å². The number of benzene rings is 1. The van der Waals surface area contributed by atoms with Crippen molar-refractivity contribution in [3.8, 4) is 11.8 Å². The van der Waals surface area contributed by atoms with Gasteiger partial charge < -0.3 is 5.11 Å². The summed E-state index contributed by atoms with van der Waals surface area (Å²) in [6, 6.07) is 6.16. The third-order valence-electron chi connectivity index (χ3n) is 2.94. The summed E-state index contributed by atoms with van der Waals surface area (Å²) in [4.78, 5) is 0. The maximum absolute atomic E-state index is 12.9. The largest absolute Gasteiger partial charge is 0.378 e. The van der Waals surface area contributed by atoms with Crippen molar-refractivity contribution >= 4 is 0 Å². The monoisotopic (exact) mass is 218 g/mol. The lowest BCUT2D eigenvalue weighted by atomic mass is 9.85. The molecule has 1 fully saturated rings. The maximum Gasteiger partial charge on any atom is 0.125 e. The van der Waals surface area contributed by atoms with Gasteiger partial charge in [-0.25, -0.2) is 4.39 Å². The van der Waals surface area contributed by atoms with E-state index in [1.54, 1.807) is 12.1 Å². The fraction of sp³-hybridized carbons (Fsp3) is 0.429. The number of halogens is 1. The summed E-state index contributed by atoms with van der Waals surface area (Å²) in [6.07, 6.45) is 4.68. The zero-order valence-electron chi connectivity index (χ0n) is 9.17. The van der Waals surface area contributed by atoms with E-state index in [-0.39, 0.29) is 5.82 Å². The summed E-state index contributed by atoms with van der Waals surface area (Å²) in [5.74, 6) is 5.45. The molecule has 0 amide bonds. The van der Waals surface area contributed by atoms with Gasteiger partial charge in [0.15, 0.2) is 0 Å². The summed E-state index contributed by atoms with van der Waals surface area (Å²) in [6.45, 7) is 0. The van der Waals surface area contributed by atoms with E-state index in [1.807, 2.05) is 0 Å². The van der Waals surface area contributed by atoms with Crippen LogP contribution in [0.4, 0.5) is 4.39 Å². The van der Waals surface area contributed by atoms with Gasteiger partial charge in [0.05, 0.1) is 0 Å². The van der Waals surface area contributed by atoms with Gasteiger partial charge in [0.1, 0.15) is 11.4 Å². The van der Waals surface area contributed by atoms with Gasteiger partial charge in [0, 0.05) is 5.56 Å². The molecule has 1 aromatic rings. The van der Waals surface area contributed by atoms with Crippen LogP contribution in [0.3, 0.4) is 0 Å². The molecule has 0 saturated heterocycles. The summed E-state index contributed by atoms with van der Waals surface area (Å²) < 4.78 is 12.9. The van der Waals surface area contributed by atoms with Crippen LogP contribution in [-0.2, 0) is 0 Å². The van der Waals surface area contributed by atoms with Gasteiger partial charge in [-0.05, 0) is 43.9 Å². The van der Waals surface area contributed by atoms with Crippen LogP contribution in [0.2, 0.25) is 0 Å². The molecule has 0 aromatic heterocycles. The van der Waals surface area contributed by atoms with E-state index in [0.717, 1.165) is 25.7 Å². The summed E-state index contributed by atoms with van der Waals surface area (Å²) >= 11 is 0. The lowest BCUT2D eigenvalue weighted by molar-refractivity contribution is 0.0610. The summed E-state index contributed by atoms with van der Waals surface area (Å²) in [7, 11) is 0. The van der Waals surface area contributed by atoms with E-state index in [2.05, 4.69) is 11.8 Å². The average Bonchev–Trinajstić information content (AvgIpc) is 2.28. The lowest BCUT2D eigenvalue weighted by Gasteiger charge is -2.26. The first-order valence-corrected chi connectivity index (χ1v) is 5.69. The van der Waals surface area contributed by atoms with Gasteiger partial charge in [0.25, 0.3) is 0 Å². The SMILES string of the molecule is OC1(C#Cc2cccc(F)c2)CCCCC1. The second-order valence-corrected chi connectivity index (χ2v) is 4.35. The van der Waals surface area contributed by atoms with E-state index in [0.29, 0.717) is 5.56 Å². The minimum atomic E-state index is -0.857. The maximum atomic E-state index is 12.9. The van der Waals surface area contributed by atoms with Crippen molar-refractivity contribution in [3.63, 3.8) is 0 Å². The van der Waals surface area contributed by atoms with Crippen LogP contribution in [0.15, 0.2) is 24.3 Å². The Hall–Kier alpha value is -1.33. The standard InChI is InChI=1S/C14H15FO/c15-13-6-4-5-12(11-13)7-10-14(16)8-2-1-3-9-14/h4-6,11,16H,1-3,8-9H2. The van der Waals surface area contributed by atoms with Crippen LogP contribution >= 0.6 is 0 Å². The van der Waals surface area contributed by atoms with Crippen molar-refractivity contribution in [1.82, 2.24) is 0 Å². The second kappa shape index (κ2) is 4.67. The fourth-order valence-corrected chi connectivity index (χ4v) is 2.02. The van der Waals surface area contributed by atoms with Crippen LogP contribution in [0.5, 0.6) is 0 Å². The highest BCUT2D eigenvalue weighted by Crippen LogP contribution is 2.27. The summed E-state index contributed by atoms with van der Waals surface area (Å²) in [5, 5.41) is 10.1. The van der Waals surface area contributed by atoms with Crippen molar-refractivity contribution in [1.29, 1.82) is 0 Å². The van der Waals surface area contributed by atoms with Crippen LogP contribution < -0.4 is 0 Å². The van der Waals surface area contributed by atoms with Gasteiger partial charge in [0.2, 0.25) is 0 Å². The van der Waals surface area contributed by atoms with Gasteiger partial charge >= 0.3 is 0 Å². The molecule has 1 saturated carbocycles. The van der Waals surface area contributed by atoms with Crippen molar-refractivity contribution in [2.75, 3.05) is 0 Å². The molecule has 0 radical (unpaired) electrons. The Labute approximate surface area is 95.3 Å². The quantitative estimate of drug-likeness (QED) is 0.664. The van der Waals surface area contributed by atoms with Crippen LogP contribution in [0.25, 0.3) is 0 Å². The molecule has 1 aromatic carbocycles. The van der Waals surface area contributed by atoms with Crippen LogP contribution in [0, 0.1) is 17.7 Å². The van der Waals surface area contributed by atoms with Crippen molar-refractivity contribution < 1.29 is 9.50 Å². The van der Waals surface area contributed by atoms with Crippen LogP contribution in [-0.4, -0.2) is 10.7 Å². The topological polar surface area (TPSA) is 20.2 Å². The molecular formula is C14H15FO. The van der Waals surface area contributed by atoms with E-state index in [9.17, 15) is 9.50 Å². The molecule has 0 spiro atoms. The first-order chi connectivity index (χ1) is 7.68. The number of rotatable bonds is 0. The second-order valence-electron chi connectivity index (χ2n) is 4.35. The van der Waals surface area contributed by atoms with E-state index < -0.39 is 5.60 Å². The highest BCUT2D eigenvalue weighted by Gasteiger charge is 2.26. The Morgan fingerprint density at radius 1 is 1.19 bits per heavy atom. The Balaban J connectivity index is 2.14. The molecule has 0 bridgehead atoms. The molecule has 1 aliphatic carbocycles. The first kappa shape index (κ1) is 11.2. The zero-order chi connectivity index (χ0) is 11.4. The fourth-order valence-electron chi connectivity index (χ4n) is 2.02. The zero-order valence-corrected chi connectivity index (χ0v) is 9.17. The molecular weight excluding hydrogens is 203 g/mol. The average molecular weight is 218 g/mol. The molecule has 84 valence electrons. The molecule has 0 heterocycles. The molecule has 2 rings (SSSR count). The highest BCUT2D eigenvalue weighted by molar-refractivity contribution is 5.36. The Morgan fingerprint density at radius 3 is 2.62 bits per heavy atom. The summed E-state index contributed by atoms with van der Waals surface area (Å²) in [5.41, 5.74) is -0.233. The number of aliphatic hydroxyl groups is 1. The lowest BCUT2D eigenvalue weighted by Crippen LogP contribution is -2.29. The molecule has 0 aliphatic heterocycles. The third-order valence-corrected chi connectivity index (χ3v) is 2.94. The predicted molar refractivity (Wildman–Crippen MR) is 61.3 cm³/mol. The molecule has 0 atom stereocenters. The van der Waals surface area contributed by atoms with Crippen molar-refractivity contribution in [2.24, 2.45) is 0 Å². The van der Waals surface area contributed by atoms with Crippen molar-refractivity contribution in [3.05, 3.63) is 35.6 Å².